The molecule has 2 heterocycles. The fraction of sp³-hybridized carbons (Fsp3) is 0.500. The predicted octanol–water partition coefficient (Wildman–Crippen LogP) is 1.45. The largest absolute Gasteiger partial charge is 0.378 e. The summed E-state index contributed by atoms with van der Waals surface area (Å²) in [5, 5.41) is 9.85. The minimum absolute atomic E-state index is 0.443. The summed E-state index contributed by atoms with van der Waals surface area (Å²) in [5.41, 5.74) is 0.884. The number of hydrogen-bond donors (Lipinski definition) is 1. The molecule has 0 bridgehead atoms. The number of amidine groups is 1. The number of para-hydroxylation sites is 1. The van der Waals surface area contributed by atoms with Crippen LogP contribution in [0, 0.1) is 0 Å². The van der Waals surface area contributed by atoms with Gasteiger partial charge < -0.3 is 19.6 Å². The zero-order valence-corrected chi connectivity index (χ0v) is 12.9. The number of nitrogens with zero attached hydrogens (tertiary/aromatic N) is 4. The maximum absolute atomic E-state index is 9.85. The molecule has 1 unspecified atom stereocenters. The molecular formula is C16H22N4O2. The summed E-state index contributed by atoms with van der Waals surface area (Å²) < 4.78 is 5.41. The van der Waals surface area contributed by atoms with Gasteiger partial charge in [0.05, 0.1) is 18.9 Å². The number of hydrogen-bond acceptors (Lipinski definition) is 3. The van der Waals surface area contributed by atoms with Crippen molar-refractivity contribution in [1.29, 1.82) is 0 Å². The molecule has 0 saturated carbocycles. The van der Waals surface area contributed by atoms with Gasteiger partial charge in [-0.05, 0) is 18.6 Å². The van der Waals surface area contributed by atoms with Crippen molar-refractivity contribution in [3.63, 3.8) is 0 Å². The van der Waals surface area contributed by atoms with Gasteiger partial charge in [-0.3, -0.25) is 0 Å². The van der Waals surface area contributed by atoms with Crippen LogP contribution in [0.15, 0.2) is 40.3 Å². The molecule has 2 saturated heterocycles. The van der Waals surface area contributed by atoms with Crippen LogP contribution >= 0.6 is 0 Å². The van der Waals surface area contributed by atoms with Crippen LogP contribution in [0.3, 0.4) is 0 Å². The monoisotopic (exact) mass is 302 g/mol. The fourth-order valence-corrected chi connectivity index (χ4v) is 2.60. The van der Waals surface area contributed by atoms with E-state index in [0.717, 1.165) is 37.5 Å². The van der Waals surface area contributed by atoms with Crippen molar-refractivity contribution in [3.05, 3.63) is 30.3 Å². The number of likely N-dealkylation sites (tertiary alicyclic amines) is 1. The number of aliphatic imine (C=N–C) groups is 2. The first-order valence-electron chi connectivity index (χ1n) is 7.69. The molecule has 0 aromatic heterocycles. The lowest BCUT2D eigenvalue weighted by atomic mass is 10.3. The van der Waals surface area contributed by atoms with E-state index in [-0.39, 0.29) is 0 Å². The SMILES string of the molecule is CN1C(=NC(=Nc2ccccc2)N2CCOCC2)CCC1O. The van der Waals surface area contributed by atoms with Gasteiger partial charge in [0.25, 0.3) is 0 Å². The molecular weight excluding hydrogens is 280 g/mol. The first-order chi connectivity index (χ1) is 10.7. The van der Waals surface area contributed by atoms with Gasteiger partial charge in [-0.25, -0.2) is 4.99 Å². The Morgan fingerprint density at radius 1 is 1.23 bits per heavy atom. The number of aliphatic hydroxyl groups is 1. The zero-order chi connectivity index (χ0) is 15.4. The Labute approximate surface area is 130 Å². The second kappa shape index (κ2) is 6.89. The lowest BCUT2D eigenvalue weighted by molar-refractivity contribution is 0.0674. The van der Waals surface area contributed by atoms with Gasteiger partial charge in [0.2, 0.25) is 5.96 Å². The summed E-state index contributed by atoms with van der Waals surface area (Å²) >= 11 is 0. The third kappa shape index (κ3) is 3.45. The van der Waals surface area contributed by atoms with Crippen molar-refractivity contribution in [2.45, 2.75) is 19.1 Å². The van der Waals surface area contributed by atoms with Crippen LogP contribution < -0.4 is 0 Å². The van der Waals surface area contributed by atoms with Crippen molar-refractivity contribution >= 4 is 17.5 Å². The second-order valence-electron chi connectivity index (χ2n) is 5.51. The molecule has 6 nitrogen and oxygen atoms in total. The first kappa shape index (κ1) is 15.0. The summed E-state index contributed by atoms with van der Waals surface area (Å²) in [6.07, 6.45) is 1.05. The molecule has 0 amide bonds. The van der Waals surface area contributed by atoms with Crippen molar-refractivity contribution in [2.75, 3.05) is 33.4 Å². The third-order valence-electron chi connectivity index (χ3n) is 3.99. The topological polar surface area (TPSA) is 60.7 Å². The van der Waals surface area contributed by atoms with E-state index in [2.05, 4.69) is 4.90 Å². The van der Waals surface area contributed by atoms with Crippen molar-refractivity contribution in [1.82, 2.24) is 9.80 Å². The molecule has 2 fully saturated rings. The summed E-state index contributed by atoms with van der Waals surface area (Å²) in [5.74, 6) is 1.58. The maximum Gasteiger partial charge on any atom is 0.227 e. The minimum atomic E-state index is -0.443. The molecule has 22 heavy (non-hydrogen) atoms. The number of benzene rings is 1. The lowest BCUT2D eigenvalue weighted by Crippen LogP contribution is -2.41. The first-order valence-corrected chi connectivity index (χ1v) is 7.69. The van der Waals surface area contributed by atoms with Crippen LogP contribution in [-0.4, -0.2) is 66.3 Å². The summed E-state index contributed by atoms with van der Waals surface area (Å²) in [7, 11) is 1.87. The van der Waals surface area contributed by atoms with Crippen LogP contribution in [0.5, 0.6) is 0 Å². The van der Waals surface area contributed by atoms with Crippen LogP contribution in [0.25, 0.3) is 0 Å². The minimum Gasteiger partial charge on any atom is -0.378 e. The number of guanidine groups is 1. The molecule has 118 valence electrons. The van der Waals surface area contributed by atoms with Crippen molar-refractivity contribution in [2.24, 2.45) is 9.98 Å². The molecule has 0 spiro atoms. The van der Waals surface area contributed by atoms with Gasteiger partial charge in [-0.15, -0.1) is 0 Å². The van der Waals surface area contributed by atoms with E-state index in [9.17, 15) is 5.11 Å². The van der Waals surface area contributed by atoms with E-state index < -0.39 is 6.23 Å². The van der Waals surface area contributed by atoms with Crippen LogP contribution in [-0.2, 0) is 4.74 Å². The van der Waals surface area contributed by atoms with Gasteiger partial charge in [-0.1, -0.05) is 18.2 Å². The summed E-state index contributed by atoms with van der Waals surface area (Å²) in [6, 6.07) is 9.84. The Balaban J connectivity index is 1.89. The highest BCUT2D eigenvalue weighted by molar-refractivity contribution is 5.97. The average molecular weight is 302 g/mol. The Kier molecular flexibility index (Phi) is 4.70. The average Bonchev–Trinajstić information content (AvgIpc) is 2.88. The second-order valence-corrected chi connectivity index (χ2v) is 5.51. The van der Waals surface area contributed by atoms with E-state index in [1.165, 1.54) is 0 Å². The highest BCUT2D eigenvalue weighted by atomic mass is 16.5. The molecule has 1 aromatic carbocycles. The predicted molar refractivity (Wildman–Crippen MR) is 86.4 cm³/mol. The standard InChI is InChI=1S/C16H22N4O2/c1-19-14(7-8-15(19)21)18-16(20-9-11-22-12-10-20)17-13-5-3-2-4-6-13/h2-6,15,21H,7-12H2,1H3. The van der Waals surface area contributed by atoms with Gasteiger partial charge in [0, 0.05) is 26.6 Å². The van der Waals surface area contributed by atoms with Gasteiger partial charge in [0.15, 0.2) is 0 Å². The van der Waals surface area contributed by atoms with Gasteiger partial charge in [-0.2, -0.15) is 4.99 Å². The molecule has 1 N–H and O–H groups in total. The third-order valence-corrected chi connectivity index (χ3v) is 3.99. The van der Waals surface area contributed by atoms with Gasteiger partial charge in [0.1, 0.15) is 12.1 Å². The molecule has 2 aliphatic heterocycles. The van der Waals surface area contributed by atoms with E-state index in [1.54, 1.807) is 0 Å². The Hall–Kier alpha value is -1.92. The normalized spacial score (nSPS) is 25.1. The van der Waals surface area contributed by atoms with Crippen LogP contribution in [0.2, 0.25) is 0 Å². The Bertz CT molecular complexity index is 553. The number of ether oxygens (including phenoxy) is 1. The molecule has 1 aromatic rings. The molecule has 0 radical (unpaired) electrons. The molecule has 1 atom stereocenters. The molecule has 2 aliphatic rings. The maximum atomic E-state index is 9.85. The number of rotatable bonds is 1. The highest BCUT2D eigenvalue weighted by Gasteiger charge is 2.25. The van der Waals surface area contributed by atoms with Crippen molar-refractivity contribution in [3.8, 4) is 0 Å². The Morgan fingerprint density at radius 3 is 2.59 bits per heavy atom. The highest BCUT2D eigenvalue weighted by Crippen LogP contribution is 2.18. The van der Waals surface area contributed by atoms with E-state index in [4.69, 9.17) is 14.7 Å². The van der Waals surface area contributed by atoms with Crippen LogP contribution in [0.4, 0.5) is 5.69 Å². The van der Waals surface area contributed by atoms with E-state index >= 15 is 0 Å². The van der Waals surface area contributed by atoms with Crippen molar-refractivity contribution < 1.29 is 9.84 Å². The summed E-state index contributed by atoms with van der Waals surface area (Å²) in [6.45, 7) is 2.96. The van der Waals surface area contributed by atoms with E-state index in [1.807, 2.05) is 42.3 Å². The van der Waals surface area contributed by atoms with Crippen LogP contribution in [0.1, 0.15) is 12.8 Å². The fourth-order valence-electron chi connectivity index (χ4n) is 2.60. The lowest BCUT2D eigenvalue weighted by Gasteiger charge is -2.28. The zero-order valence-electron chi connectivity index (χ0n) is 12.9. The number of morpholine rings is 1. The molecule has 0 aliphatic carbocycles. The number of aliphatic hydroxyl groups excluding tert-OH is 1. The molecule has 3 rings (SSSR count). The van der Waals surface area contributed by atoms with Gasteiger partial charge >= 0.3 is 0 Å². The summed E-state index contributed by atoms with van der Waals surface area (Å²) in [4.78, 5) is 13.4. The Morgan fingerprint density at radius 2 is 1.95 bits per heavy atom. The van der Waals surface area contributed by atoms with E-state index in [0.29, 0.717) is 19.2 Å². The molecule has 6 heteroatoms. The quantitative estimate of drug-likeness (QED) is 0.630. The smallest absolute Gasteiger partial charge is 0.227 e.